The Morgan fingerprint density at radius 3 is 2.41 bits per heavy atom. The van der Waals surface area contributed by atoms with Gasteiger partial charge >= 0.3 is 0 Å². The zero-order chi connectivity index (χ0) is 20.1. The number of fused-ring (bicyclic) bond motifs is 3. The number of hydrogen-bond donors (Lipinski definition) is 0. The van der Waals surface area contributed by atoms with Gasteiger partial charge < -0.3 is 0 Å². The molecule has 5 aromatic rings. The van der Waals surface area contributed by atoms with Crippen molar-refractivity contribution in [1.29, 1.82) is 0 Å². The summed E-state index contributed by atoms with van der Waals surface area (Å²) in [6.07, 6.45) is 1.63. The summed E-state index contributed by atoms with van der Waals surface area (Å²) in [4.78, 5) is 13.0. The Morgan fingerprint density at radius 1 is 0.966 bits per heavy atom. The van der Waals surface area contributed by atoms with Gasteiger partial charge in [0.2, 0.25) is 0 Å². The highest BCUT2D eigenvalue weighted by atomic mass is 79.9. The molecule has 0 bridgehead atoms. The van der Waals surface area contributed by atoms with Gasteiger partial charge in [0.1, 0.15) is 11.3 Å². The summed E-state index contributed by atoms with van der Waals surface area (Å²) < 4.78 is 17.2. The SMILES string of the molecule is Cc1nn2c(nnc3c(=O)n(-c4ccc(F)cc4)ccc32)c1-c1ccc(Br)cc1. The van der Waals surface area contributed by atoms with Gasteiger partial charge in [0.15, 0.2) is 11.2 Å². The van der Waals surface area contributed by atoms with Crippen molar-refractivity contribution in [2.24, 2.45) is 0 Å². The van der Waals surface area contributed by atoms with Crippen LogP contribution in [0.5, 0.6) is 0 Å². The van der Waals surface area contributed by atoms with Gasteiger partial charge in [-0.15, -0.1) is 10.2 Å². The molecule has 29 heavy (non-hydrogen) atoms. The molecule has 3 heterocycles. The van der Waals surface area contributed by atoms with E-state index in [1.54, 1.807) is 16.8 Å². The van der Waals surface area contributed by atoms with E-state index < -0.39 is 0 Å². The molecule has 0 saturated carbocycles. The van der Waals surface area contributed by atoms with Crippen LogP contribution in [-0.2, 0) is 0 Å². The molecule has 2 aromatic carbocycles. The molecule has 8 heteroatoms. The van der Waals surface area contributed by atoms with E-state index in [1.165, 1.54) is 28.8 Å². The van der Waals surface area contributed by atoms with E-state index in [1.807, 2.05) is 31.2 Å². The highest BCUT2D eigenvalue weighted by Gasteiger charge is 2.17. The van der Waals surface area contributed by atoms with E-state index in [4.69, 9.17) is 0 Å². The molecule has 3 aromatic heterocycles. The Balaban J connectivity index is 1.75. The smallest absolute Gasteiger partial charge is 0.282 e. The zero-order valence-electron chi connectivity index (χ0n) is 15.2. The average molecular weight is 450 g/mol. The molecule has 142 valence electrons. The van der Waals surface area contributed by atoms with Crippen LogP contribution in [-0.4, -0.2) is 24.4 Å². The number of aromatic nitrogens is 5. The molecule has 0 atom stereocenters. The fourth-order valence-corrected chi connectivity index (χ4v) is 3.68. The predicted octanol–water partition coefficient (Wildman–Crippen LogP) is 4.31. The lowest BCUT2D eigenvalue weighted by Gasteiger charge is -2.07. The van der Waals surface area contributed by atoms with Crippen molar-refractivity contribution in [3.8, 4) is 16.8 Å². The lowest BCUT2D eigenvalue weighted by atomic mass is 10.1. The molecule has 5 rings (SSSR count). The van der Waals surface area contributed by atoms with Gasteiger partial charge in [-0.1, -0.05) is 28.1 Å². The van der Waals surface area contributed by atoms with Crippen LogP contribution in [0.25, 0.3) is 33.5 Å². The highest BCUT2D eigenvalue weighted by Crippen LogP contribution is 2.29. The van der Waals surface area contributed by atoms with E-state index in [0.29, 0.717) is 16.9 Å². The molecule has 0 radical (unpaired) electrons. The molecule has 0 aliphatic rings. The first-order chi connectivity index (χ1) is 14.0. The summed E-state index contributed by atoms with van der Waals surface area (Å²) in [7, 11) is 0. The van der Waals surface area contributed by atoms with Gasteiger partial charge in [-0.3, -0.25) is 9.36 Å². The van der Waals surface area contributed by atoms with Gasteiger partial charge in [0, 0.05) is 16.4 Å². The number of benzene rings is 2. The van der Waals surface area contributed by atoms with Crippen molar-refractivity contribution in [2.75, 3.05) is 0 Å². The molecule has 0 N–H and O–H groups in total. The maximum atomic E-state index is 13.2. The first-order valence-electron chi connectivity index (χ1n) is 8.82. The third-order valence-electron chi connectivity index (χ3n) is 4.79. The number of rotatable bonds is 2. The van der Waals surface area contributed by atoms with Crippen LogP contribution in [0.4, 0.5) is 4.39 Å². The topological polar surface area (TPSA) is 65.1 Å². The fraction of sp³-hybridized carbons (Fsp3) is 0.0476. The van der Waals surface area contributed by atoms with E-state index in [9.17, 15) is 9.18 Å². The summed E-state index contributed by atoms with van der Waals surface area (Å²) in [5, 5.41) is 13.1. The third kappa shape index (κ3) is 2.84. The largest absolute Gasteiger partial charge is 0.285 e. The van der Waals surface area contributed by atoms with Crippen molar-refractivity contribution in [3.63, 3.8) is 0 Å². The molecular weight excluding hydrogens is 437 g/mol. The highest BCUT2D eigenvalue weighted by molar-refractivity contribution is 9.10. The molecule has 0 spiro atoms. The first-order valence-corrected chi connectivity index (χ1v) is 9.61. The number of hydrogen-bond acceptors (Lipinski definition) is 4. The van der Waals surface area contributed by atoms with Crippen LogP contribution >= 0.6 is 15.9 Å². The van der Waals surface area contributed by atoms with Crippen LogP contribution < -0.4 is 5.56 Å². The number of aryl methyl sites for hydroxylation is 1. The lowest BCUT2D eigenvalue weighted by Crippen LogP contribution is -2.20. The van der Waals surface area contributed by atoms with Crippen LogP contribution in [0.1, 0.15) is 5.69 Å². The molecule has 0 saturated heterocycles. The second-order valence-electron chi connectivity index (χ2n) is 6.60. The first kappa shape index (κ1) is 17.7. The molecule has 0 aliphatic heterocycles. The maximum absolute atomic E-state index is 13.2. The molecule has 0 unspecified atom stereocenters. The molecule has 6 nitrogen and oxygen atoms in total. The van der Waals surface area contributed by atoms with Crippen molar-refractivity contribution in [2.45, 2.75) is 6.92 Å². The second-order valence-corrected chi connectivity index (χ2v) is 7.52. The molecular formula is C21H13BrFN5O. The van der Waals surface area contributed by atoms with Gasteiger partial charge in [0.25, 0.3) is 5.56 Å². The predicted molar refractivity (Wildman–Crippen MR) is 112 cm³/mol. The Morgan fingerprint density at radius 2 is 1.69 bits per heavy atom. The standard InChI is InChI=1S/C21H13BrFN5O/c1-12-18(13-2-4-14(22)5-3-13)20-25-24-19-17(28(20)26-12)10-11-27(21(19)29)16-8-6-15(23)7-9-16/h2-11H,1H3. The van der Waals surface area contributed by atoms with Crippen molar-refractivity contribution in [3.05, 3.63) is 87.1 Å². The van der Waals surface area contributed by atoms with Gasteiger partial charge in [0.05, 0.1) is 11.3 Å². The Kier molecular flexibility index (Phi) is 4.02. The van der Waals surface area contributed by atoms with E-state index in [0.717, 1.165) is 21.3 Å². The maximum Gasteiger partial charge on any atom is 0.285 e. The van der Waals surface area contributed by atoms with E-state index in [2.05, 4.69) is 31.2 Å². The van der Waals surface area contributed by atoms with Gasteiger partial charge in [-0.05, 0) is 55.0 Å². The average Bonchev–Trinajstić information content (AvgIpc) is 3.06. The Labute approximate surface area is 172 Å². The normalized spacial score (nSPS) is 11.4. The summed E-state index contributed by atoms with van der Waals surface area (Å²) >= 11 is 3.44. The van der Waals surface area contributed by atoms with Crippen LogP contribution in [0.2, 0.25) is 0 Å². The van der Waals surface area contributed by atoms with E-state index >= 15 is 0 Å². The van der Waals surface area contributed by atoms with Crippen molar-refractivity contribution in [1.82, 2.24) is 24.4 Å². The zero-order valence-corrected chi connectivity index (χ0v) is 16.8. The van der Waals surface area contributed by atoms with Gasteiger partial charge in [-0.25, -0.2) is 8.91 Å². The quantitative estimate of drug-likeness (QED) is 0.402. The van der Waals surface area contributed by atoms with Crippen LogP contribution in [0.15, 0.2) is 70.1 Å². The molecule has 0 fully saturated rings. The van der Waals surface area contributed by atoms with Crippen LogP contribution in [0.3, 0.4) is 0 Å². The molecule has 0 aliphatic carbocycles. The summed E-state index contributed by atoms with van der Waals surface area (Å²) in [5.41, 5.74) is 4.16. The third-order valence-corrected chi connectivity index (χ3v) is 5.32. The summed E-state index contributed by atoms with van der Waals surface area (Å²) in [6.45, 7) is 1.90. The summed E-state index contributed by atoms with van der Waals surface area (Å²) in [5.74, 6) is -0.364. The van der Waals surface area contributed by atoms with Crippen LogP contribution in [0, 0.1) is 12.7 Å². The van der Waals surface area contributed by atoms with Crippen molar-refractivity contribution >= 4 is 32.6 Å². The monoisotopic (exact) mass is 449 g/mol. The number of pyridine rings is 1. The minimum Gasteiger partial charge on any atom is -0.282 e. The fourth-order valence-electron chi connectivity index (χ4n) is 3.41. The lowest BCUT2D eigenvalue weighted by molar-refractivity contribution is 0.627. The number of halogens is 2. The summed E-state index contributed by atoms with van der Waals surface area (Å²) in [6, 6.07) is 15.3. The Hall–Kier alpha value is -3.39. The minimum absolute atomic E-state index is 0.189. The number of nitrogens with zero attached hydrogens (tertiary/aromatic N) is 5. The van der Waals surface area contributed by atoms with Crippen molar-refractivity contribution < 1.29 is 4.39 Å². The van der Waals surface area contributed by atoms with E-state index in [-0.39, 0.29) is 16.9 Å². The van der Waals surface area contributed by atoms with Gasteiger partial charge in [-0.2, -0.15) is 5.10 Å². The Bertz CT molecular complexity index is 1440. The minimum atomic E-state index is -0.364. The molecule has 0 amide bonds. The second kappa shape index (κ2) is 6.59.